The number of unbranched alkanes of at least 4 members (excludes halogenated alkanes) is 1. The van der Waals surface area contributed by atoms with Gasteiger partial charge in [0.25, 0.3) is 5.56 Å². The largest absolute Gasteiger partial charge is 0.417 e. The van der Waals surface area contributed by atoms with Gasteiger partial charge in [0, 0.05) is 24.0 Å². The van der Waals surface area contributed by atoms with Crippen LogP contribution >= 0.6 is 23.4 Å². The molecule has 2 aromatic heterocycles. The van der Waals surface area contributed by atoms with Crippen molar-refractivity contribution in [2.75, 3.05) is 11.1 Å². The molecule has 0 saturated carbocycles. The minimum atomic E-state index is -4.64. The molecule has 0 saturated heterocycles. The van der Waals surface area contributed by atoms with Gasteiger partial charge in [0.1, 0.15) is 11.0 Å². The average Bonchev–Trinajstić information content (AvgIpc) is 3.27. The number of aromatic nitrogens is 3. The highest BCUT2D eigenvalue weighted by molar-refractivity contribution is 7.99. The SMILES string of the molecule is CCCCn1c(SCC(=O)Nc2ccc(Cl)c(C(F)(F)F)c2)nc2c(-c3ccccc3)c[nH]c2c1=O. The van der Waals surface area contributed by atoms with Crippen LogP contribution in [0.25, 0.3) is 22.2 Å². The van der Waals surface area contributed by atoms with E-state index in [-0.39, 0.29) is 17.0 Å². The molecule has 6 nitrogen and oxygen atoms in total. The number of anilines is 1. The van der Waals surface area contributed by atoms with Crippen LogP contribution in [0.2, 0.25) is 5.02 Å². The number of halogens is 4. The van der Waals surface area contributed by atoms with E-state index < -0.39 is 22.7 Å². The van der Waals surface area contributed by atoms with Gasteiger partial charge in [0.05, 0.1) is 16.3 Å². The number of benzene rings is 2. The zero-order valence-corrected chi connectivity index (χ0v) is 20.7. The van der Waals surface area contributed by atoms with Crippen molar-refractivity contribution in [1.29, 1.82) is 0 Å². The lowest BCUT2D eigenvalue weighted by Gasteiger charge is -2.13. The zero-order chi connectivity index (χ0) is 25.9. The summed E-state index contributed by atoms with van der Waals surface area (Å²) in [5.74, 6) is -0.691. The molecule has 0 radical (unpaired) electrons. The van der Waals surface area contributed by atoms with E-state index in [9.17, 15) is 22.8 Å². The first-order valence-corrected chi connectivity index (χ1v) is 12.5. The summed E-state index contributed by atoms with van der Waals surface area (Å²) in [5.41, 5.74) is 1.22. The quantitative estimate of drug-likeness (QED) is 0.197. The van der Waals surface area contributed by atoms with Gasteiger partial charge in [-0.05, 0) is 30.2 Å². The van der Waals surface area contributed by atoms with Gasteiger partial charge in [-0.1, -0.05) is 67.0 Å². The fourth-order valence-corrected chi connectivity index (χ4v) is 4.72. The van der Waals surface area contributed by atoms with Crippen LogP contribution in [-0.4, -0.2) is 26.2 Å². The zero-order valence-electron chi connectivity index (χ0n) is 19.2. The lowest BCUT2D eigenvalue weighted by molar-refractivity contribution is -0.137. The van der Waals surface area contributed by atoms with E-state index in [1.54, 1.807) is 6.20 Å². The van der Waals surface area contributed by atoms with Crippen LogP contribution in [0, 0.1) is 0 Å². The molecule has 2 N–H and O–H groups in total. The highest BCUT2D eigenvalue weighted by atomic mass is 35.5. The summed E-state index contributed by atoms with van der Waals surface area (Å²) in [5, 5.41) is 2.37. The van der Waals surface area contributed by atoms with Gasteiger partial charge in [0.15, 0.2) is 5.16 Å². The minimum absolute atomic E-state index is 0.0268. The maximum absolute atomic E-state index is 13.3. The summed E-state index contributed by atoms with van der Waals surface area (Å²) >= 11 is 6.70. The number of amides is 1. The molecule has 2 heterocycles. The van der Waals surface area contributed by atoms with Crippen molar-refractivity contribution >= 4 is 46.0 Å². The van der Waals surface area contributed by atoms with Crippen molar-refractivity contribution in [2.24, 2.45) is 0 Å². The number of fused-ring (bicyclic) bond motifs is 1. The van der Waals surface area contributed by atoms with E-state index in [0.717, 1.165) is 47.9 Å². The third-order valence-corrected chi connectivity index (χ3v) is 6.76. The monoisotopic (exact) mass is 534 g/mol. The van der Waals surface area contributed by atoms with Crippen LogP contribution in [0.3, 0.4) is 0 Å². The number of rotatable bonds is 8. The molecule has 0 atom stereocenters. The molecule has 4 rings (SSSR count). The summed E-state index contributed by atoms with van der Waals surface area (Å²) in [7, 11) is 0. The third kappa shape index (κ3) is 5.60. The number of nitrogens with zero attached hydrogens (tertiary/aromatic N) is 2. The van der Waals surface area contributed by atoms with Gasteiger partial charge in [-0.2, -0.15) is 13.2 Å². The Morgan fingerprint density at radius 2 is 1.94 bits per heavy atom. The number of carbonyl (C=O) groups is 1. The standard InChI is InChI=1S/C25H22ClF3N4O2S/c1-2-3-11-33-23(35)22-21(17(13-30-22)15-7-5-4-6-8-15)32-24(33)36-14-20(34)31-16-9-10-19(26)18(12-16)25(27,28)29/h4-10,12-13,30H,2-3,11,14H2,1H3,(H,31,34). The second kappa shape index (κ2) is 10.8. The Morgan fingerprint density at radius 3 is 2.64 bits per heavy atom. The number of aromatic amines is 1. The minimum Gasteiger partial charge on any atom is -0.355 e. The molecule has 188 valence electrons. The van der Waals surface area contributed by atoms with Crippen molar-refractivity contribution in [2.45, 2.75) is 37.6 Å². The molecular formula is C25H22ClF3N4O2S. The van der Waals surface area contributed by atoms with Gasteiger partial charge < -0.3 is 10.3 Å². The summed E-state index contributed by atoms with van der Waals surface area (Å²) in [6.45, 7) is 2.43. The Morgan fingerprint density at radius 1 is 1.19 bits per heavy atom. The highest BCUT2D eigenvalue weighted by Gasteiger charge is 2.33. The molecule has 1 amide bonds. The highest BCUT2D eigenvalue weighted by Crippen LogP contribution is 2.36. The van der Waals surface area contributed by atoms with E-state index in [0.29, 0.717) is 22.7 Å². The van der Waals surface area contributed by atoms with Crippen molar-refractivity contribution < 1.29 is 18.0 Å². The van der Waals surface area contributed by atoms with Crippen molar-refractivity contribution in [3.05, 3.63) is 75.7 Å². The van der Waals surface area contributed by atoms with E-state index in [4.69, 9.17) is 16.6 Å². The van der Waals surface area contributed by atoms with Gasteiger partial charge in [-0.3, -0.25) is 14.2 Å². The molecule has 36 heavy (non-hydrogen) atoms. The second-order valence-corrected chi connectivity index (χ2v) is 9.38. The van der Waals surface area contributed by atoms with Gasteiger partial charge in [-0.25, -0.2) is 4.98 Å². The molecule has 0 unspecified atom stereocenters. The van der Waals surface area contributed by atoms with E-state index >= 15 is 0 Å². The Balaban J connectivity index is 1.61. The van der Waals surface area contributed by atoms with Crippen molar-refractivity contribution in [3.63, 3.8) is 0 Å². The summed E-state index contributed by atoms with van der Waals surface area (Å²) in [6.07, 6.45) is -1.32. The van der Waals surface area contributed by atoms with E-state index in [1.807, 2.05) is 37.3 Å². The first-order valence-electron chi connectivity index (χ1n) is 11.2. The molecule has 2 aromatic carbocycles. The van der Waals surface area contributed by atoms with E-state index in [2.05, 4.69) is 10.3 Å². The van der Waals surface area contributed by atoms with Gasteiger partial charge in [-0.15, -0.1) is 0 Å². The van der Waals surface area contributed by atoms with Crippen LogP contribution in [0.1, 0.15) is 25.3 Å². The number of carbonyl (C=O) groups excluding carboxylic acids is 1. The summed E-state index contributed by atoms with van der Waals surface area (Å²) in [6, 6.07) is 12.7. The van der Waals surface area contributed by atoms with Crippen LogP contribution in [0.15, 0.2) is 64.7 Å². The Kier molecular flexibility index (Phi) is 7.75. The number of hydrogen-bond donors (Lipinski definition) is 2. The Bertz CT molecular complexity index is 1450. The maximum atomic E-state index is 13.3. The number of alkyl halides is 3. The molecule has 0 aliphatic carbocycles. The predicted molar refractivity (Wildman–Crippen MR) is 137 cm³/mol. The average molecular weight is 535 g/mol. The second-order valence-electron chi connectivity index (χ2n) is 8.03. The third-order valence-electron chi connectivity index (χ3n) is 5.46. The summed E-state index contributed by atoms with van der Waals surface area (Å²) in [4.78, 5) is 33.6. The van der Waals surface area contributed by atoms with Crippen LogP contribution < -0.4 is 10.9 Å². The topological polar surface area (TPSA) is 79.8 Å². The van der Waals surface area contributed by atoms with E-state index in [1.165, 1.54) is 10.6 Å². The van der Waals surface area contributed by atoms with Gasteiger partial charge >= 0.3 is 6.18 Å². The molecule has 4 aromatic rings. The molecule has 0 fully saturated rings. The molecule has 0 aliphatic rings. The summed E-state index contributed by atoms with van der Waals surface area (Å²) < 4.78 is 40.9. The van der Waals surface area contributed by atoms with Gasteiger partial charge in [0.2, 0.25) is 5.91 Å². The fourth-order valence-electron chi connectivity index (χ4n) is 3.68. The van der Waals surface area contributed by atoms with Crippen molar-refractivity contribution in [3.8, 4) is 11.1 Å². The van der Waals surface area contributed by atoms with Crippen LogP contribution in [0.4, 0.5) is 18.9 Å². The molecular weight excluding hydrogens is 513 g/mol. The predicted octanol–water partition coefficient (Wildman–Crippen LogP) is 6.59. The molecule has 0 spiro atoms. The molecule has 0 bridgehead atoms. The number of thioether (sulfide) groups is 1. The smallest absolute Gasteiger partial charge is 0.355 e. The number of H-pyrrole nitrogens is 1. The number of nitrogens with one attached hydrogen (secondary N) is 2. The molecule has 0 aliphatic heterocycles. The van der Waals surface area contributed by atoms with Crippen molar-refractivity contribution in [1.82, 2.24) is 14.5 Å². The first kappa shape index (κ1) is 25.8. The molecule has 11 heteroatoms. The first-order chi connectivity index (χ1) is 17.2. The number of hydrogen-bond acceptors (Lipinski definition) is 4. The van der Waals surface area contributed by atoms with Crippen LogP contribution in [-0.2, 0) is 17.5 Å². The lowest BCUT2D eigenvalue weighted by atomic mass is 10.1. The lowest BCUT2D eigenvalue weighted by Crippen LogP contribution is -2.24. The Labute approximate surface area is 213 Å². The van der Waals surface area contributed by atoms with Crippen LogP contribution in [0.5, 0.6) is 0 Å². The maximum Gasteiger partial charge on any atom is 0.417 e. The normalized spacial score (nSPS) is 11.7. The Hall–Kier alpha value is -3.24. The fraction of sp³-hybridized carbons (Fsp3) is 0.240.